The normalized spacial score (nSPS) is 10.2. The molecule has 0 atom stereocenters. The minimum Gasteiger partial charge on any atom is -0.383 e. The van der Waals surface area contributed by atoms with Crippen LogP contribution in [0.4, 0.5) is 5.82 Å². The summed E-state index contributed by atoms with van der Waals surface area (Å²) in [5.41, 5.74) is 7.57. The van der Waals surface area contributed by atoms with E-state index in [0.29, 0.717) is 5.82 Å². The van der Waals surface area contributed by atoms with Crippen LogP contribution < -0.4 is 5.73 Å². The van der Waals surface area contributed by atoms with Crippen molar-refractivity contribution in [2.75, 3.05) is 5.73 Å². The van der Waals surface area contributed by atoms with E-state index >= 15 is 0 Å². The summed E-state index contributed by atoms with van der Waals surface area (Å²) in [6, 6.07) is 0. The summed E-state index contributed by atoms with van der Waals surface area (Å²) in [7, 11) is 0. The van der Waals surface area contributed by atoms with Crippen molar-refractivity contribution in [3.8, 4) is 0 Å². The van der Waals surface area contributed by atoms with E-state index in [9.17, 15) is 0 Å². The topological polar surface area (TPSA) is 51.8 Å². The van der Waals surface area contributed by atoms with Crippen LogP contribution in [-0.2, 0) is 6.42 Å². The highest BCUT2D eigenvalue weighted by Gasteiger charge is 2.06. The summed E-state index contributed by atoms with van der Waals surface area (Å²) in [4.78, 5) is 7.91. The molecule has 0 radical (unpaired) electrons. The first-order valence-corrected chi connectivity index (χ1v) is 4.31. The minimum absolute atomic E-state index is 0.227. The number of anilines is 1. The lowest BCUT2D eigenvalue weighted by atomic mass is 10.1. The van der Waals surface area contributed by atoms with Crippen molar-refractivity contribution < 1.29 is 0 Å². The van der Waals surface area contributed by atoms with Gasteiger partial charge < -0.3 is 5.73 Å². The van der Waals surface area contributed by atoms with Crippen LogP contribution in [-0.4, -0.2) is 9.97 Å². The molecule has 0 aliphatic heterocycles. The fourth-order valence-corrected chi connectivity index (χ4v) is 1.36. The van der Waals surface area contributed by atoms with E-state index in [0.717, 1.165) is 24.1 Å². The van der Waals surface area contributed by atoms with E-state index in [4.69, 9.17) is 17.3 Å². The smallest absolute Gasteiger partial charge is 0.224 e. The predicted octanol–water partition coefficient (Wildman–Crippen LogP) is 1.97. The van der Waals surface area contributed by atoms with Crippen molar-refractivity contribution in [2.45, 2.75) is 26.7 Å². The Hall–Kier alpha value is -0.830. The van der Waals surface area contributed by atoms with Crippen molar-refractivity contribution in [3.05, 3.63) is 16.5 Å². The highest BCUT2D eigenvalue weighted by Crippen LogP contribution is 2.16. The summed E-state index contributed by atoms with van der Waals surface area (Å²) < 4.78 is 0. The molecule has 0 spiro atoms. The van der Waals surface area contributed by atoms with Crippen LogP contribution in [0.25, 0.3) is 0 Å². The fourth-order valence-electron chi connectivity index (χ4n) is 1.14. The summed E-state index contributed by atoms with van der Waals surface area (Å²) in [5, 5.41) is 0.227. The number of rotatable bonds is 2. The van der Waals surface area contributed by atoms with Crippen molar-refractivity contribution in [3.63, 3.8) is 0 Å². The molecule has 3 nitrogen and oxygen atoms in total. The van der Waals surface area contributed by atoms with Gasteiger partial charge in [0, 0.05) is 11.3 Å². The maximum atomic E-state index is 5.67. The molecular formula is C8H12ClN3. The number of aryl methyl sites for hydroxylation is 1. The third-order valence-corrected chi connectivity index (χ3v) is 1.89. The number of nitrogen functional groups attached to an aromatic ring is 1. The lowest BCUT2D eigenvalue weighted by Gasteiger charge is -2.06. The third kappa shape index (κ3) is 1.85. The monoisotopic (exact) mass is 185 g/mol. The van der Waals surface area contributed by atoms with Gasteiger partial charge in [-0.15, -0.1) is 0 Å². The van der Waals surface area contributed by atoms with E-state index < -0.39 is 0 Å². The Morgan fingerprint density at radius 1 is 1.42 bits per heavy atom. The highest BCUT2D eigenvalue weighted by molar-refractivity contribution is 6.28. The Kier molecular flexibility index (Phi) is 2.87. The molecule has 4 heteroatoms. The van der Waals surface area contributed by atoms with Gasteiger partial charge in [-0.3, -0.25) is 0 Å². The van der Waals surface area contributed by atoms with E-state index in [1.807, 2.05) is 6.92 Å². The number of nitrogens with two attached hydrogens (primary N) is 1. The summed E-state index contributed by atoms with van der Waals surface area (Å²) in [5.74, 6) is 0.509. The van der Waals surface area contributed by atoms with Gasteiger partial charge in [0.25, 0.3) is 0 Å². The van der Waals surface area contributed by atoms with Gasteiger partial charge in [0.2, 0.25) is 5.28 Å². The molecule has 0 amide bonds. The lowest BCUT2D eigenvalue weighted by molar-refractivity contribution is 0.888. The van der Waals surface area contributed by atoms with Crippen LogP contribution in [0.3, 0.4) is 0 Å². The van der Waals surface area contributed by atoms with Crippen molar-refractivity contribution >= 4 is 17.4 Å². The predicted molar refractivity (Wildman–Crippen MR) is 50.2 cm³/mol. The van der Waals surface area contributed by atoms with Gasteiger partial charge in [-0.2, -0.15) is 0 Å². The molecule has 0 unspecified atom stereocenters. The first kappa shape index (κ1) is 9.26. The maximum absolute atomic E-state index is 5.67. The molecule has 1 rings (SSSR count). The average molecular weight is 186 g/mol. The molecule has 66 valence electrons. The lowest BCUT2D eigenvalue weighted by Crippen LogP contribution is -2.03. The molecule has 2 N–H and O–H groups in total. The van der Waals surface area contributed by atoms with Crippen LogP contribution in [0.2, 0.25) is 5.28 Å². The average Bonchev–Trinajstić information content (AvgIpc) is 1.96. The second kappa shape index (κ2) is 3.72. The van der Waals surface area contributed by atoms with Gasteiger partial charge in [0.1, 0.15) is 5.82 Å². The van der Waals surface area contributed by atoms with Gasteiger partial charge in [-0.25, -0.2) is 9.97 Å². The van der Waals surface area contributed by atoms with Crippen LogP contribution in [0.1, 0.15) is 24.6 Å². The van der Waals surface area contributed by atoms with E-state index in [1.165, 1.54) is 0 Å². The number of hydrogen-bond donors (Lipinski definition) is 1. The Bertz CT molecular complexity index is 263. The SMILES string of the molecule is CCCc1c(C)nc(Cl)nc1N. The zero-order chi connectivity index (χ0) is 9.14. The van der Waals surface area contributed by atoms with E-state index in [1.54, 1.807) is 0 Å². The first-order valence-electron chi connectivity index (χ1n) is 3.93. The van der Waals surface area contributed by atoms with Crippen molar-refractivity contribution in [1.82, 2.24) is 9.97 Å². The molecule has 0 bridgehead atoms. The van der Waals surface area contributed by atoms with Gasteiger partial charge in [-0.1, -0.05) is 13.3 Å². The zero-order valence-corrected chi connectivity index (χ0v) is 8.02. The Labute approximate surface area is 77.0 Å². The van der Waals surface area contributed by atoms with Gasteiger partial charge >= 0.3 is 0 Å². The number of halogens is 1. The van der Waals surface area contributed by atoms with Crippen LogP contribution in [0.15, 0.2) is 0 Å². The van der Waals surface area contributed by atoms with Crippen molar-refractivity contribution in [2.24, 2.45) is 0 Å². The Balaban J connectivity index is 3.10. The molecule has 1 aromatic heterocycles. The van der Waals surface area contributed by atoms with Crippen molar-refractivity contribution in [1.29, 1.82) is 0 Å². The quantitative estimate of drug-likeness (QED) is 0.717. The van der Waals surface area contributed by atoms with E-state index in [-0.39, 0.29) is 5.28 Å². The molecule has 12 heavy (non-hydrogen) atoms. The van der Waals surface area contributed by atoms with Gasteiger partial charge in [-0.05, 0) is 24.9 Å². The zero-order valence-electron chi connectivity index (χ0n) is 7.26. The third-order valence-electron chi connectivity index (χ3n) is 1.72. The number of nitrogens with zero attached hydrogens (tertiary/aromatic N) is 2. The molecule has 0 fully saturated rings. The van der Waals surface area contributed by atoms with Crippen LogP contribution in [0, 0.1) is 6.92 Å². The molecule has 1 heterocycles. The van der Waals surface area contributed by atoms with Gasteiger partial charge in [0.15, 0.2) is 0 Å². The van der Waals surface area contributed by atoms with Gasteiger partial charge in [0.05, 0.1) is 0 Å². The minimum atomic E-state index is 0.227. The molecule has 1 aromatic rings. The largest absolute Gasteiger partial charge is 0.383 e. The highest BCUT2D eigenvalue weighted by atomic mass is 35.5. The molecular weight excluding hydrogens is 174 g/mol. The maximum Gasteiger partial charge on any atom is 0.224 e. The Morgan fingerprint density at radius 3 is 2.58 bits per heavy atom. The summed E-state index contributed by atoms with van der Waals surface area (Å²) in [6.45, 7) is 3.99. The first-order chi connectivity index (χ1) is 5.65. The number of hydrogen-bond acceptors (Lipinski definition) is 3. The summed E-state index contributed by atoms with van der Waals surface area (Å²) in [6.07, 6.45) is 1.95. The summed E-state index contributed by atoms with van der Waals surface area (Å²) >= 11 is 5.62. The Morgan fingerprint density at radius 2 is 2.08 bits per heavy atom. The number of aromatic nitrogens is 2. The molecule has 0 aliphatic rings. The standard InChI is InChI=1S/C8H12ClN3/c1-3-4-6-5(2)11-8(9)12-7(6)10/h3-4H2,1-2H3,(H2,10,11,12). The molecule has 0 saturated heterocycles. The van der Waals surface area contributed by atoms with Crippen LogP contribution >= 0.6 is 11.6 Å². The van der Waals surface area contributed by atoms with Crippen LogP contribution in [0.5, 0.6) is 0 Å². The molecule has 0 aromatic carbocycles. The second-order valence-electron chi connectivity index (χ2n) is 2.69. The second-order valence-corrected chi connectivity index (χ2v) is 3.03. The fraction of sp³-hybridized carbons (Fsp3) is 0.500. The molecule has 0 saturated carbocycles. The molecule has 0 aliphatic carbocycles. The van der Waals surface area contributed by atoms with E-state index in [2.05, 4.69) is 16.9 Å².